The van der Waals surface area contributed by atoms with Crippen LogP contribution in [0.4, 0.5) is 0 Å². The minimum atomic E-state index is -0.577. The third kappa shape index (κ3) is 3.67. The number of nitrogens with zero attached hydrogens (tertiary/aromatic N) is 3. The van der Waals surface area contributed by atoms with Crippen LogP contribution in [-0.2, 0) is 11.3 Å². The third-order valence-corrected chi connectivity index (χ3v) is 4.41. The van der Waals surface area contributed by atoms with Crippen LogP contribution in [-0.4, -0.2) is 25.6 Å². The van der Waals surface area contributed by atoms with Crippen molar-refractivity contribution in [1.29, 1.82) is 0 Å². The predicted molar refractivity (Wildman–Crippen MR) is 107 cm³/mol. The Balaban J connectivity index is 1.82. The van der Waals surface area contributed by atoms with Gasteiger partial charge in [-0.3, -0.25) is 15.0 Å². The Bertz CT molecular complexity index is 1140. The number of hydrogen-bond donors (Lipinski definition) is 2. The molecule has 6 nitrogen and oxygen atoms in total. The molecule has 0 aliphatic carbocycles. The molecule has 28 heavy (non-hydrogen) atoms. The molecule has 0 radical (unpaired) electrons. The van der Waals surface area contributed by atoms with Crippen LogP contribution in [0, 0.1) is 0 Å². The lowest BCUT2D eigenvalue weighted by atomic mass is 10.2. The molecule has 138 valence electrons. The van der Waals surface area contributed by atoms with Gasteiger partial charge >= 0.3 is 0 Å². The first-order valence-corrected chi connectivity index (χ1v) is 8.81. The zero-order valence-corrected chi connectivity index (χ0v) is 15.0. The third-order valence-electron chi connectivity index (χ3n) is 4.41. The highest BCUT2D eigenvalue weighted by Gasteiger charge is 2.13. The fourth-order valence-electron chi connectivity index (χ4n) is 3.10. The van der Waals surface area contributed by atoms with Crippen molar-refractivity contribution in [3.05, 3.63) is 90.3 Å². The Labute approximate surface area is 161 Å². The van der Waals surface area contributed by atoms with E-state index in [1.54, 1.807) is 17.8 Å². The van der Waals surface area contributed by atoms with Gasteiger partial charge in [0.2, 0.25) is 0 Å². The summed E-state index contributed by atoms with van der Waals surface area (Å²) in [6.07, 6.45) is 6.51. The van der Waals surface area contributed by atoms with Gasteiger partial charge < -0.3 is 4.57 Å². The number of fused-ring (bicyclic) bond motifs is 1. The van der Waals surface area contributed by atoms with Crippen LogP contribution in [0.2, 0.25) is 0 Å². The van der Waals surface area contributed by atoms with Crippen molar-refractivity contribution >= 4 is 23.0 Å². The number of hydroxylamine groups is 1. The summed E-state index contributed by atoms with van der Waals surface area (Å²) >= 11 is 0. The van der Waals surface area contributed by atoms with Crippen molar-refractivity contribution in [2.75, 3.05) is 0 Å². The quantitative estimate of drug-likeness (QED) is 0.319. The monoisotopic (exact) mass is 370 g/mol. The summed E-state index contributed by atoms with van der Waals surface area (Å²) in [5.41, 5.74) is 6.34. The topological polar surface area (TPSA) is 80.0 Å². The zero-order valence-electron chi connectivity index (χ0n) is 15.0. The van der Waals surface area contributed by atoms with Gasteiger partial charge in [0.15, 0.2) is 0 Å². The van der Waals surface area contributed by atoms with Crippen LogP contribution in [0.1, 0.15) is 11.1 Å². The minimum Gasteiger partial charge on any atom is -0.319 e. The highest BCUT2D eigenvalue weighted by Crippen LogP contribution is 2.26. The van der Waals surface area contributed by atoms with E-state index in [-0.39, 0.29) is 0 Å². The molecule has 2 heterocycles. The Morgan fingerprint density at radius 3 is 2.71 bits per heavy atom. The van der Waals surface area contributed by atoms with Crippen molar-refractivity contribution in [2.24, 2.45) is 0 Å². The van der Waals surface area contributed by atoms with Crippen molar-refractivity contribution in [3.8, 4) is 11.4 Å². The van der Waals surface area contributed by atoms with Gasteiger partial charge in [-0.25, -0.2) is 10.5 Å². The molecule has 0 aliphatic heterocycles. The van der Waals surface area contributed by atoms with Gasteiger partial charge in [-0.1, -0.05) is 42.5 Å². The Kier molecular flexibility index (Phi) is 4.95. The first kappa shape index (κ1) is 17.6. The lowest BCUT2D eigenvalue weighted by Crippen LogP contribution is -2.14. The average molecular weight is 370 g/mol. The predicted octanol–water partition coefficient (Wildman–Crippen LogP) is 3.67. The zero-order chi connectivity index (χ0) is 19.3. The van der Waals surface area contributed by atoms with Crippen molar-refractivity contribution in [3.63, 3.8) is 0 Å². The smallest absolute Gasteiger partial charge is 0.267 e. The van der Waals surface area contributed by atoms with Crippen LogP contribution >= 0.6 is 0 Å². The Morgan fingerprint density at radius 2 is 1.96 bits per heavy atom. The van der Waals surface area contributed by atoms with Crippen molar-refractivity contribution in [2.45, 2.75) is 6.54 Å². The number of carbonyl (C=O) groups is 1. The summed E-state index contributed by atoms with van der Waals surface area (Å²) < 4.78 is 2.16. The van der Waals surface area contributed by atoms with Gasteiger partial charge in [0.05, 0.1) is 17.6 Å². The molecule has 1 amide bonds. The van der Waals surface area contributed by atoms with E-state index < -0.39 is 5.91 Å². The van der Waals surface area contributed by atoms with Gasteiger partial charge in [0.1, 0.15) is 5.82 Å². The number of carbonyl (C=O) groups excluding carboxylic acids is 1. The largest absolute Gasteiger partial charge is 0.319 e. The summed E-state index contributed by atoms with van der Waals surface area (Å²) in [5, 5.41) is 8.62. The molecule has 0 atom stereocenters. The molecule has 0 unspecified atom stereocenters. The van der Waals surface area contributed by atoms with Gasteiger partial charge in [-0.15, -0.1) is 0 Å². The maximum absolute atomic E-state index is 11.2. The maximum Gasteiger partial charge on any atom is 0.267 e. The van der Waals surface area contributed by atoms with Crippen molar-refractivity contribution in [1.82, 2.24) is 20.0 Å². The van der Waals surface area contributed by atoms with E-state index in [9.17, 15) is 4.79 Å². The van der Waals surface area contributed by atoms with E-state index in [2.05, 4.69) is 9.55 Å². The number of nitrogens with one attached hydrogen (secondary N) is 1. The summed E-state index contributed by atoms with van der Waals surface area (Å²) in [5.74, 6) is 0.292. The van der Waals surface area contributed by atoms with Crippen LogP contribution in [0.5, 0.6) is 0 Å². The van der Waals surface area contributed by atoms with E-state index >= 15 is 0 Å². The number of pyridine rings is 1. The molecule has 0 saturated carbocycles. The number of imidazole rings is 1. The van der Waals surface area contributed by atoms with E-state index in [4.69, 9.17) is 10.2 Å². The molecule has 2 aromatic heterocycles. The highest BCUT2D eigenvalue weighted by molar-refractivity contribution is 5.91. The highest BCUT2D eigenvalue weighted by atomic mass is 16.5. The summed E-state index contributed by atoms with van der Waals surface area (Å²) in [7, 11) is 0. The molecule has 2 aromatic carbocycles. The van der Waals surface area contributed by atoms with E-state index in [0.29, 0.717) is 6.54 Å². The lowest BCUT2D eigenvalue weighted by Gasteiger charge is -2.09. The van der Waals surface area contributed by atoms with Crippen LogP contribution in [0.25, 0.3) is 28.5 Å². The fourth-order valence-corrected chi connectivity index (χ4v) is 3.10. The second kappa shape index (κ2) is 7.85. The normalized spacial score (nSPS) is 11.2. The number of hydrogen-bond acceptors (Lipinski definition) is 4. The number of aromatic nitrogens is 3. The van der Waals surface area contributed by atoms with Crippen LogP contribution < -0.4 is 5.48 Å². The molecule has 6 heteroatoms. The van der Waals surface area contributed by atoms with E-state index in [1.165, 1.54) is 6.08 Å². The summed E-state index contributed by atoms with van der Waals surface area (Å²) in [6, 6.07) is 19.8. The maximum atomic E-state index is 11.2. The average Bonchev–Trinajstić information content (AvgIpc) is 3.11. The van der Waals surface area contributed by atoms with Crippen LogP contribution in [0.3, 0.4) is 0 Å². The van der Waals surface area contributed by atoms with E-state index in [1.807, 2.05) is 66.9 Å². The van der Waals surface area contributed by atoms with Gasteiger partial charge in [0, 0.05) is 24.0 Å². The first-order valence-electron chi connectivity index (χ1n) is 8.81. The number of amides is 1. The number of rotatable bonds is 5. The lowest BCUT2D eigenvalue weighted by molar-refractivity contribution is -0.124. The molecule has 0 fully saturated rings. The van der Waals surface area contributed by atoms with Gasteiger partial charge in [-0.2, -0.15) is 0 Å². The SMILES string of the molecule is O=C(C=Cc1ccc2c(c1)nc(-c1ccccc1)n2Cc1cccnc1)NO. The molecular formula is C22H18N4O2. The summed E-state index contributed by atoms with van der Waals surface area (Å²) in [4.78, 5) is 20.3. The number of benzene rings is 2. The fraction of sp³-hybridized carbons (Fsp3) is 0.0455. The standard InChI is InChI=1S/C22H18N4O2/c27-21(25-28)11-9-16-8-10-20-19(13-16)24-22(18-6-2-1-3-7-18)26(20)15-17-5-4-12-23-14-17/h1-14,28H,15H2,(H,25,27). The molecule has 0 spiro atoms. The molecule has 0 bridgehead atoms. The first-order chi connectivity index (χ1) is 13.7. The molecular weight excluding hydrogens is 352 g/mol. The van der Waals surface area contributed by atoms with Crippen molar-refractivity contribution < 1.29 is 10.0 Å². The molecule has 0 saturated heterocycles. The Morgan fingerprint density at radius 1 is 1.11 bits per heavy atom. The molecule has 2 N–H and O–H groups in total. The second-order valence-corrected chi connectivity index (χ2v) is 6.31. The van der Waals surface area contributed by atoms with Gasteiger partial charge in [0.25, 0.3) is 5.91 Å². The molecule has 4 aromatic rings. The molecule has 0 aliphatic rings. The minimum absolute atomic E-state index is 0.577. The Hall–Kier alpha value is -3.77. The second-order valence-electron chi connectivity index (χ2n) is 6.31. The summed E-state index contributed by atoms with van der Waals surface area (Å²) in [6.45, 7) is 0.649. The molecule has 4 rings (SSSR count). The van der Waals surface area contributed by atoms with E-state index in [0.717, 1.165) is 33.5 Å². The van der Waals surface area contributed by atoms with Crippen LogP contribution in [0.15, 0.2) is 79.1 Å². The van der Waals surface area contributed by atoms with Gasteiger partial charge in [-0.05, 0) is 35.4 Å².